The van der Waals surface area contributed by atoms with Gasteiger partial charge >= 0.3 is 6.09 Å². The first-order valence-electron chi connectivity index (χ1n) is 8.18. The Bertz CT molecular complexity index is 588. The van der Waals surface area contributed by atoms with Gasteiger partial charge in [0.05, 0.1) is 6.04 Å². The van der Waals surface area contributed by atoms with Crippen LogP contribution in [0.2, 0.25) is 18.1 Å². The van der Waals surface area contributed by atoms with E-state index >= 15 is 0 Å². The minimum Gasteiger partial charge on any atom is -0.544 e. The van der Waals surface area contributed by atoms with Crippen molar-refractivity contribution >= 4 is 20.2 Å². The fourth-order valence-electron chi connectivity index (χ4n) is 1.98. The van der Waals surface area contributed by atoms with Gasteiger partial charge in [-0.05, 0) is 48.3 Å². The molecule has 1 rings (SSSR count). The summed E-state index contributed by atoms with van der Waals surface area (Å²) in [5.41, 5.74) is 0.477. The van der Waals surface area contributed by atoms with E-state index in [1.165, 1.54) is 0 Å². The van der Waals surface area contributed by atoms with E-state index in [2.05, 4.69) is 39.2 Å². The van der Waals surface area contributed by atoms with Crippen molar-refractivity contribution in [1.29, 1.82) is 0 Å². The molecule has 0 fully saturated rings. The molecule has 1 atom stereocenters. The van der Waals surface area contributed by atoms with Gasteiger partial charge in [-0.15, -0.1) is 0 Å². The second-order valence-corrected chi connectivity index (χ2v) is 12.6. The number of amides is 1. The summed E-state index contributed by atoms with van der Waals surface area (Å²) in [6.07, 6.45) is -1.19. The molecule has 134 valence electrons. The molecule has 1 amide bonds. The molecule has 0 aliphatic carbocycles. The molecule has 0 radical (unpaired) electrons. The lowest BCUT2D eigenvalue weighted by Gasteiger charge is -2.36. The smallest absolute Gasteiger partial charge is 0.405 e. The lowest BCUT2D eigenvalue weighted by atomic mass is 9.95. The highest BCUT2D eigenvalue weighted by Gasteiger charge is 2.39. The Balaban J connectivity index is 2.94. The quantitative estimate of drug-likeness (QED) is 0.582. The standard InChI is InChI=1S/C18H29NO4Si/c1-12(2)15(19-17(21)22)16(20)13-8-10-14(11-9-13)23-24(6,7)18(3,4)5/h8-12,15,19H,1-7H3,(H,21,22)/t15-/m0/s1. The normalized spacial score (nSPS) is 13.5. The molecular formula is C18H29NO4Si. The Hall–Kier alpha value is -1.82. The third-order valence-corrected chi connectivity index (χ3v) is 8.90. The number of Topliss-reactive ketones (excluding diaryl/α,β-unsaturated/α-hetero) is 1. The SMILES string of the molecule is CC(C)[C@H](NC(=O)O)C(=O)c1ccc(O[Si](C)(C)C(C)(C)C)cc1. The molecule has 1 aromatic carbocycles. The van der Waals surface area contributed by atoms with E-state index in [1.54, 1.807) is 24.3 Å². The van der Waals surface area contributed by atoms with Crippen LogP contribution in [-0.2, 0) is 0 Å². The zero-order chi connectivity index (χ0) is 18.7. The Morgan fingerprint density at radius 1 is 1.12 bits per heavy atom. The van der Waals surface area contributed by atoms with E-state index in [4.69, 9.17) is 9.53 Å². The van der Waals surface area contributed by atoms with E-state index in [0.29, 0.717) is 5.56 Å². The lowest BCUT2D eigenvalue weighted by molar-refractivity contribution is 0.0910. The van der Waals surface area contributed by atoms with Gasteiger partial charge in [0.2, 0.25) is 8.32 Å². The Morgan fingerprint density at radius 2 is 1.62 bits per heavy atom. The van der Waals surface area contributed by atoms with Crippen LogP contribution >= 0.6 is 0 Å². The highest BCUT2D eigenvalue weighted by Crippen LogP contribution is 2.37. The third-order valence-electron chi connectivity index (χ3n) is 4.55. The molecule has 0 unspecified atom stereocenters. The maximum atomic E-state index is 12.5. The summed E-state index contributed by atoms with van der Waals surface area (Å²) in [6.45, 7) is 14.5. The summed E-state index contributed by atoms with van der Waals surface area (Å²) in [5.74, 6) is 0.383. The first-order valence-corrected chi connectivity index (χ1v) is 11.1. The van der Waals surface area contributed by atoms with Gasteiger partial charge in [0.1, 0.15) is 5.75 Å². The van der Waals surface area contributed by atoms with Gasteiger partial charge < -0.3 is 14.8 Å². The van der Waals surface area contributed by atoms with Gasteiger partial charge in [-0.3, -0.25) is 4.79 Å². The van der Waals surface area contributed by atoms with E-state index in [9.17, 15) is 9.59 Å². The van der Waals surface area contributed by atoms with Crippen LogP contribution in [0.3, 0.4) is 0 Å². The van der Waals surface area contributed by atoms with Gasteiger partial charge in [0, 0.05) is 5.56 Å². The van der Waals surface area contributed by atoms with Crippen molar-refractivity contribution in [1.82, 2.24) is 5.32 Å². The molecule has 0 bridgehead atoms. The molecule has 0 heterocycles. The molecule has 1 aromatic rings. The molecular weight excluding hydrogens is 322 g/mol. The molecule has 0 aliphatic heterocycles. The van der Waals surface area contributed by atoms with Gasteiger partial charge in [-0.1, -0.05) is 34.6 Å². The number of carbonyl (C=O) groups is 2. The van der Waals surface area contributed by atoms with E-state index < -0.39 is 20.5 Å². The second-order valence-electron chi connectivity index (χ2n) is 7.92. The number of ketones is 1. The van der Waals surface area contributed by atoms with Crippen molar-refractivity contribution in [3.05, 3.63) is 29.8 Å². The monoisotopic (exact) mass is 351 g/mol. The van der Waals surface area contributed by atoms with Crippen molar-refractivity contribution in [3.63, 3.8) is 0 Å². The van der Waals surface area contributed by atoms with Gasteiger partial charge in [0.25, 0.3) is 0 Å². The fraction of sp³-hybridized carbons (Fsp3) is 0.556. The number of hydrogen-bond donors (Lipinski definition) is 2. The molecule has 5 nitrogen and oxygen atoms in total. The summed E-state index contributed by atoms with van der Waals surface area (Å²) >= 11 is 0. The first-order chi connectivity index (χ1) is 10.8. The molecule has 6 heteroatoms. The summed E-state index contributed by atoms with van der Waals surface area (Å²) in [7, 11) is -1.93. The van der Waals surface area contributed by atoms with Crippen molar-refractivity contribution in [2.24, 2.45) is 5.92 Å². The topological polar surface area (TPSA) is 75.6 Å². The zero-order valence-corrected chi connectivity index (χ0v) is 16.6. The summed E-state index contributed by atoms with van der Waals surface area (Å²) in [6, 6.07) is 6.21. The van der Waals surface area contributed by atoms with Gasteiger partial charge in [0.15, 0.2) is 5.78 Å². The summed E-state index contributed by atoms with van der Waals surface area (Å²) in [4.78, 5) is 23.4. The number of nitrogens with one attached hydrogen (secondary N) is 1. The summed E-state index contributed by atoms with van der Waals surface area (Å²) < 4.78 is 6.19. The average Bonchev–Trinajstić information content (AvgIpc) is 2.42. The van der Waals surface area contributed by atoms with Crippen LogP contribution in [0.4, 0.5) is 4.79 Å². The molecule has 0 saturated heterocycles. The predicted molar refractivity (Wildman–Crippen MR) is 98.4 cm³/mol. The van der Waals surface area contributed by atoms with E-state index in [-0.39, 0.29) is 16.7 Å². The molecule has 0 saturated carbocycles. The Morgan fingerprint density at radius 3 is 2.00 bits per heavy atom. The Labute approximate surface area is 145 Å². The lowest BCUT2D eigenvalue weighted by Crippen LogP contribution is -2.44. The van der Waals surface area contributed by atoms with Crippen molar-refractivity contribution in [2.75, 3.05) is 0 Å². The third kappa shape index (κ3) is 5.09. The molecule has 0 spiro atoms. The largest absolute Gasteiger partial charge is 0.544 e. The van der Waals surface area contributed by atoms with Crippen LogP contribution in [0.25, 0.3) is 0 Å². The van der Waals surface area contributed by atoms with Gasteiger partial charge in [-0.25, -0.2) is 4.79 Å². The highest BCUT2D eigenvalue weighted by atomic mass is 28.4. The summed E-state index contributed by atoms with van der Waals surface area (Å²) in [5, 5.41) is 11.3. The number of carboxylic acid groups (broad SMARTS) is 1. The molecule has 0 aromatic heterocycles. The van der Waals surface area contributed by atoms with E-state index in [1.807, 2.05) is 13.8 Å². The van der Waals surface area contributed by atoms with Crippen LogP contribution in [0.1, 0.15) is 45.0 Å². The number of hydrogen-bond acceptors (Lipinski definition) is 3. The van der Waals surface area contributed by atoms with E-state index in [0.717, 1.165) is 5.75 Å². The van der Waals surface area contributed by atoms with Crippen molar-refractivity contribution in [3.8, 4) is 5.75 Å². The van der Waals surface area contributed by atoms with Crippen molar-refractivity contribution in [2.45, 2.75) is 58.8 Å². The van der Waals surface area contributed by atoms with Crippen LogP contribution < -0.4 is 9.74 Å². The predicted octanol–water partition coefficient (Wildman–Crippen LogP) is 4.55. The average molecular weight is 352 g/mol. The van der Waals surface area contributed by atoms with Crippen LogP contribution in [0.5, 0.6) is 5.75 Å². The van der Waals surface area contributed by atoms with Crippen molar-refractivity contribution < 1.29 is 19.1 Å². The minimum atomic E-state index is -1.93. The molecule has 2 N–H and O–H groups in total. The number of carbonyl (C=O) groups excluding carboxylic acids is 1. The van der Waals surface area contributed by atoms with Crippen LogP contribution in [0.15, 0.2) is 24.3 Å². The van der Waals surface area contributed by atoms with Crippen LogP contribution in [0, 0.1) is 5.92 Å². The maximum absolute atomic E-state index is 12.5. The number of benzene rings is 1. The molecule has 0 aliphatic rings. The maximum Gasteiger partial charge on any atom is 0.405 e. The fourth-order valence-corrected chi connectivity index (χ4v) is 3.01. The zero-order valence-electron chi connectivity index (χ0n) is 15.6. The number of rotatable bonds is 6. The first kappa shape index (κ1) is 20.2. The molecule has 24 heavy (non-hydrogen) atoms. The Kier molecular flexibility index (Phi) is 6.22. The van der Waals surface area contributed by atoms with Gasteiger partial charge in [-0.2, -0.15) is 0 Å². The minimum absolute atomic E-state index is 0.0929. The highest BCUT2D eigenvalue weighted by molar-refractivity contribution is 6.74. The second kappa shape index (κ2) is 7.38. The van der Waals surface area contributed by atoms with Crippen LogP contribution in [-0.4, -0.2) is 31.3 Å².